The highest BCUT2D eigenvalue weighted by Gasteiger charge is 2.28. The SMILES string of the molecule is O=C(Nc1ccc(F)cc1)[C@H](Nc1cccc(S(=O)(=O)N2CCCC2)c1)c1ccccc1. The highest BCUT2D eigenvalue weighted by Crippen LogP contribution is 2.26. The van der Waals surface area contributed by atoms with Crippen LogP contribution in [0.3, 0.4) is 0 Å². The minimum Gasteiger partial charge on any atom is -0.370 e. The summed E-state index contributed by atoms with van der Waals surface area (Å²) in [5.74, 6) is -0.743. The van der Waals surface area contributed by atoms with Gasteiger partial charge in [-0.1, -0.05) is 36.4 Å². The standard InChI is InChI=1S/C24H24FN3O3S/c25-19-11-13-20(14-12-19)27-24(29)23(18-7-2-1-3-8-18)26-21-9-6-10-22(17-21)32(30,31)28-15-4-5-16-28/h1-3,6-14,17,23,26H,4-5,15-16H2,(H,27,29)/t23-/m1/s1. The number of hydrogen-bond donors (Lipinski definition) is 2. The van der Waals surface area contributed by atoms with Gasteiger partial charge in [0.05, 0.1) is 4.90 Å². The lowest BCUT2D eigenvalue weighted by Gasteiger charge is -2.21. The van der Waals surface area contributed by atoms with Crippen LogP contribution >= 0.6 is 0 Å². The van der Waals surface area contributed by atoms with Gasteiger partial charge < -0.3 is 10.6 Å². The van der Waals surface area contributed by atoms with Crippen LogP contribution in [0.1, 0.15) is 24.4 Å². The van der Waals surface area contributed by atoms with E-state index in [9.17, 15) is 17.6 Å². The molecule has 1 aliphatic heterocycles. The number of nitrogens with zero attached hydrogens (tertiary/aromatic N) is 1. The number of anilines is 2. The summed E-state index contributed by atoms with van der Waals surface area (Å²) in [4.78, 5) is 13.3. The van der Waals surface area contributed by atoms with Crippen LogP contribution in [0, 0.1) is 5.82 Å². The van der Waals surface area contributed by atoms with Crippen molar-refractivity contribution in [3.05, 3.63) is 90.2 Å². The van der Waals surface area contributed by atoms with E-state index in [1.807, 2.05) is 30.3 Å². The number of halogens is 1. The van der Waals surface area contributed by atoms with Crippen LogP contribution in [0.25, 0.3) is 0 Å². The molecule has 1 fully saturated rings. The molecule has 2 N–H and O–H groups in total. The predicted molar refractivity (Wildman–Crippen MR) is 122 cm³/mol. The van der Waals surface area contributed by atoms with Crippen LogP contribution < -0.4 is 10.6 Å². The number of rotatable bonds is 7. The smallest absolute Gasteiger partial charge is 0.251 e. The van der Waals surface area contributed by atoms with Crippen LogP contribution in [0.2, 0.25) is 0 Å². The Hall–Kier alpha value is -3.23. The van der Waals surface area contributed by atoms with E-state index in [1.165, 1.54) is 28.6 Å². The molecule has 0 unspecified atom stereocenters. The molecule has 1 amide bonds. The van der Waals surface area contributed by atoms with Gasteiger partial charge in [-0.05, 0) is 60.9 Å². The van der Waals surface area contributed by atoms with Crippen molar-refractivity contribution in [2.75, 3.05) is 23.7 Å². The van der Waals surface area contributed by atoms with Gasteiger partial charge in [0.15, 0.2) is 0 Å². The average Bonchev–Trinajstić information content (AvgIpc) is 3.36. The molecule has 0 saturated carbocycles. The Morgan fingerprint density at radius 3 is 2.25 bits per heavy atom. The predicted octanol–water partition coefficient (Wildman–Crippen LogP) is 4.40. The molecular formula is C24H24FN3O3S. The topological polar surface area (TPSA) is 78.5 Å². The molecule has 3 aromatic carbocycles. The van der Waals surface area contributed by atoms with E-state index in [0.717, 1.165) is 12.8 Å². The molecule has 0 aliphatic carbocycles. The van der Waals surface area contributed by atoms with Crippen molar-refractivity contribution in [2.24, 2.45) is 0 Å². The fourth-order valence-corrected chi connectivity index (χ4v) is 5.25. The number of nitrogens with one attached hydrogen (secondary N) is 2. The minimum atomic E-state index is -3.58. The first-order chi connectivity index (χ1) is 15.4. The maximum Gasteiger partial charge on any atom is 0.251 e. The highest BCUT2D eigenvalue weighted by molar-refractivity contribution is 7.89. The van der Waals surface area contributed by atoms with Crippen molar-refractivity contribution in [2.45, 2.75) is 23.8 Å². The quantitative estimate of drug-likeness (QED) is 0.556. The van der Waals surface area contributed by atoms with Crippen LogP contribution in [0.4, 0.5) is 15.8 Å². The average molecular weight is 454 g/mol. The molecule has 0 aromatic heterocycles. The van der Waals surface area contributed by atoms with Crippen molar-refractivity contribution in [1.29, 1.82) is 0 Å². The summed E-state index contributed by atoms with van der Waals surface area (Å²) in [6.45, 7) is 1.04. The van der Waals surface area contributed by atoms with Crippen LogP contribution in [-0.2, 0) is 14.8 Å². The van der Waals surface area contributed by atoms with Gasteiger partial charge in [0.2, 0.25) is 10.0 Å². The maximum atomic E-state index is 13.2. The molecule has 1 heterocycles. The van der Waals surface area contributed by atoms with Crippen molar-refractivity contribution >= 4 is 27.3 Å². The Morgan fingerprint density at radius 1 is 0.875 bits per heavy atom. The van der Waals surface area contributed by atoms with Crippen molar-refractivity contribution < 1.29 is 17.6 Å². The van der Waals surface area contributed by atoms with E-state index in [0.29, 0.717) is 30.0 Å². The van der Waals surface area contributed by atoms with Crippen LogP contribution in [-0.4, -0.2) is 31.7 Å². The number of sulfonamides is 1. The molecule has 0 bridgehead atoms. The summed E-state index contributed by atoms with van der Waals surface area (Å²) in [5, 5.41) is 5.94. The zero-order valence-electron chi connectivity index (χ0n) is 17.4. The molecule has 3 aromatic rings. The summed E-state index contributed by atoms with van der Waals surface area (Å²) in [7, 11) is -3.58. The first-order valence-corrected chi connectivity index (χ1v) is 11.9. The number of carbonyl (C=O) groups is 1. The van der Waals surface area contributed by atoms with Gasteiger partial charge in [-0.25, -0.2) is 12.8 Å². The van der Waals surface area contributed by atoms with Crippen LogP contribution in [0.5, 0.6) is 0 Å². The number of hydrogen-bond acceptors (Lipinski definition) is 4. The monoisotopic (exact) mass is 453 g/mol. The molecule has 8 heteroatoms. The highest BCUT2D eigenvalue weighted by atomic mass is 32.2. The molecule has 0 radical (unpaired) electrons. The van der Waals surface area contributed by atoms with E-state index in [4.69, 9.17) is 0 Å². The molecule has 1 saturated heterocycles. The summed E-state index contributed by atoms with van der Waals surface area (Å²) >= 11 is 0. The Balaban J connectivity index is 1.60. The summed E-state index contributed by atoms with van der Waals surface area (Å²) in [5.41, 5.74) is 1.68. The van der Waals surface area contributed by atoms with E-state index in [1.54, 1.807) is 24.3 Å². The Bertz CT molecular complexity index is 1180. The third-order valence-electron chi connectivity index (χ3n) is 5.35. The Morgan fingerprint density at radius 2 is 1.56 bits per heavy atom. The maximum absolute atomic E-state index is 13.2. The molecule has 32 heavy (non-hydrogen) atoms. The number of benzene rings is 3. The van der Waals surface area contributed by atoms with Gasteiger partial charge in [0, 0.05) is 24.5 Å². The normalized spacial score (nSPS) is 15.3. The van der Waals surface area contributed by atoms with Gasteiger partial charge in [0.1, 0.15) is 11.9 Å². The number of amides is 1. The zero-order valence-corrected chi connectivity index (χ0v) is 18.2. The first-order valence-electron chi connectivity index (χ1n) is 10.4. The second-order valence-electron chi connectivity index (χ2n) is 7.62. The lowest BCUT2D eigenvalue weighted by molar-refractivity contribution is -0.117. The molecular weight excluding hydrogens is 429 g/mol. The van der Waals surface area contributed by atoms with Crippen LogP contribution in [0.15, 0.2) is 83.8 Å². The lowest BCUT2D eigenvalue weighted by atomic mass is 10.1. The van der Waals surface area contributed by atoms with Crippen molar-refractivity contribution in [1.82, 2.24) is 4.31 Å². The van der Waals surface area contributed by atoms with E-state index < -0.39 is 21.9 Å². The van der Waals surface area contributed by atoms with E-state index >= 15 is 0 Å². The van der Waals surface area contributed by atoms with Gasteiger partial charge in [0.25, 0.3) is 5.91 Å². The molecule has 166 valence electrons. The summed E-state index contributed by atoms with van der Waals surface area (Å²) in [6, 6.07) is 20.3. The largest absolute Gasteiger partial charge is 0.370 e. The molecule has 4 rings (SSSR count). The second kappa shape index (κ2) is 9.50. The second-order valence-corrected chi connectivity index (χ2v) is 9.56. The van der Waals surface area contributed by atoms with Gasteiger partial charge in [-0.15, -0.1) is 0 Å². The Labute approximate surface area is 187 Å². The van der Waals surface area contributed by atoms with Gasteiger partial charge in [-0.2, -0.15) is 4.31 Å². The van der Waals surface area contributed by atoms with E-state index in [2.05, 4.69) is 10.6 Å². The lowest BCUT2D eigenvalue weighted by Crippen LogP contribution is -2.29. The minimum absolute atomic E-state index is 0.190. The van der Waals surface area contributed by atoms with E-state index in [-0.39, 0.29) is 10.8 Å². The van der Waals surface area contributed by atoms with Crippen molar-refractivity contribution in [3.63, 3.8) is 0 Å². The van der Waals surface area contributed by atoms with Crippen molar-refractivity contribution in [3.8, 4) is 0 Å². The number of carbonyl (C=O) groups excluding carboxylic acids is 1. The third-order valence-corrected chi connectivity index (χ3v) is 7.25. The molecule has 0 spiro atoms. The summed E-state index contributed by atoms with van der Waals surface area (Å²) < 4.78 is 40.6. The fourth-order valence-electron chi connectivity index (χ4n) is 3.68. The third kappa shape index (κ3) is 4.98. The first kappa shape index (κ1) is 22.0. The van der Waals surface area contributed by atoms with Gasteiger partial charge >= 0.3 is 0 Å². The molecule has 1 aliphatic rings. The van der Waals surface area contributed by atoms with Gasteiger partial charge in [-0.3, -0.25) is 4.79 Å². The molecule has 1 atom stereocenters. The molecule has 6 nitrogen and oxygen atoms in total. The zero-order chi connectivity index (χ0) is 22.6. The Kier molecular flexibility index (Phi) is 6.53. The summed E-state index contributed by atoms with van der Waals surface area (Å²) in [6.07, 6.45) is 1.72. The fraction of sp³-hybridized carbons (Fsp3) is 0.208.